The number of amides is 1. The number of rotatable bonds is 4. The summed E-state index contributed by atoms with van der Waals surface area (Å²) in [4.78, 5) is 14.3. The molecule has 1 aliphatic rings. The van der Waals surface area contributed by atoms with Crippen LogP contribution in [0.15, 0.2) is 36.7 Å². The lowest BCUT2D eigenvalue weighted by Crippen LogP contribution is -2.37. The number of aryl methyl sites for hydroxylation is 1. The summed E-state index contributed by atoms with van der Waals surface area (Å²) in [6.45, 7) is 1.72. The predicted molar refractivity (Wildman–Crippen MR) is 83.8 cm³/mol. The largest absolute Gasteiger partial charge is 0.508 e. The molecule has 2 heterocycles. The molecule has 0 bridgehead atoms. The summed E-state index contributed by atoms with van der Waals surface area (Å²) in [5, 5.41) is 16.7. The van der Waals surface area contributed by atoms with E-state index in [1.54, 1.807) is 22.9 Å². The average Bonchev–Trinajstić information content (AvgIpc) is 3.07. The molecule has 3 rings (SSSR count). The second-order valence-electron chi connectivity index (χ2n) is 5.72. The van der Waals surface area contributed by atoms with Gasteiger partial charge in [-0.05, 0) is 24.1 Å². The van der Waals surface area contributed by atoms with Crippen molar-refractivity contribution in [3.63, 3.8) is 0 Å². The molecule has 2 N–H and O–H groups in total. The highest BCUT2D eigenvalue weighted by Gasteiger charge is 2.24. The van der Waals surface area contributed by atoms with Gasteiger partial charge in [-0.25, -0.2) is 0 Å². The van der Waals surface area contributed by atoms with Crippen molar-refractivity contribution in [3.05, 3.63) is 42.2 Å². The molecule has 6 nitrogen and oxygen atoms in total. The Hall–Kier alpha value is -2.50. The number of aromatic hydroxyl groups is 1. The van der Waals surface area contributed by atoms with Gasteiger partial charge >= 0.3 is 0 Å². The zero-order valence-corrected chi connectivity index (χ0v) is 12.6. The third-order valence-electron chi connectivity index (χ3n) is 3.89. The van der Waals surface area contributed by atoms with Crippen LogP contribution >= 0.6 is 0 Å². The monoisotopic (exact) mass is 300 g/mol. The molecular weight excluding hydrogens is 280 g/mol. The zero-order chi connectivity index (χ0) is 15.5. The highest BCUT2D eigenvalue weighted by atomic mass is 16.3. The molecular formula is C16H20N4O2. The first-order chi connectivity index (χ1) is 10.6. The molecule has 1 aromatic heterocycles. The van der Waals surface area contributed by atoms with Gasteiger partial charge in [0.05, 0.1) is 18.3 Å². The zero-order valence-electron chi connectivity index (χ0n) is 12.6. The molecule has 0 spiro atoms. The van der Waals surface area contributed by atoms with E-state index in [9.17, 15) is 9.90 Å². The molecule has 22 heavy (non-hydrogen) atoms. The molecule has 1 saturated heterocycles. The first-order valence-corrected chi connectivity index (χ1v) is 7.41. The Morgan fingerprint density at radius 1 is 1.50 bits per heavy atom. The molecule has 2 aromatic rings. The summed E-state index contributed by atoms with van der Waals surface area (Å²) >= 11 is 0. The highest BCUT2D eigenvalue weighted by molar-refractivity contribution is 5.79. The maximum atomic E-state index is 12.1. The quantitative estimate of drug-likeness (QED) is 0.886. The second kappa shape index (κ2) is 6.09. The van der Waals surface area contributed by atoms with E-state index < -0.39 is 0 Å². The van der Waals surface area contributed by atoms with E-state index >= 15 is 0 Å². The first-order valence-electron chi connectivity index (χ1n) is 7.41. The highest BCUT2D eigenvalue weighted by Crippen LogP contribution is 2.19. The van der Waals surface area contributed by atoms with Gasteiger partial charge in [-0.1, -0.05) is 12.1 Å². The van der Waals surface area contributed by atoms with Gasteiger partial charge in [0.1, 0.15) is 5.75 Å². The molecule has 1 amide bonds. The van der Waals surface area contributed by atoms with Gasteiger partial charge in [-0.15, -0.1) is 0 Å². The van der Waals surface area contributed by atoms with Crippen molar-refractivity contribution < 1.29 is 9.90 Å². The van der Waals surface area contributed by atoms with Crippen molar-refractivity contribution in [2.24, 2.45) is 7.05 Å². The van der Waals surface area contributed by atoms with Gasteiger partial charge in [0, 0.05) is 32.4 Å². The van der Waals surface area contributed by atoms with E-state index in [0.717, 1.165) is 30.8 Å². The molecule has 1 aliphatic heterocycles. The number of nitrogens with zero attached hydrogens (tertiary/aromatic N) is 3. The van der Waals surface area contributed by atoms with Crippen LogP contribution < -0.4 is 10.2 Å². The van der Waals surface area contributed by atoms with E-state index in [4.69, 9.17) is 0 Å². The van der Waals surface area contributed by atoms with Crippen molar-refractivity contribution in [3.8, 4) is 5.75 Å². The third-order valence-corrected chi connectivity index (χ3v) is 3.89. The Morgan fingerprint density at radius 3 is 3.09 bits per heavy atom. The van der Waals surface area contributed by atoms with Gasteiger partial charge in [-0.3, -0.25) is 9.48 Å². The number of phenolic OH excluding ortho intramolecular Hbond substituents is 1. The Labute approximate surface area is 129 Å². The van der Waals surface area contributed by atoms with Gasteiger partial charge < -0.3 is 15.3 Å². The average molecular weight is 300 g/mol. The topological polar surface area (TPSA) is 70.4 Å². The number of carbonyl (C=O) groups is 1. The Balaban J connectivity index is 1.52. The van der Waals surface area contributed by atoms with Crippen molar-refractivity contribution in [1.29, 1.82) is 0 Å². The van der Waals surface area contributed by atoms with Crippen LogP contribution in [0.4, 0.5) is 5.69 Å². The fourth-order valence-electron chi connectivity index (χ4n) is 2.81. The summed E-state index contributed by atoms with van der Waals surface area (Å²) in [7, 11) is 1.90. The van der Waals surface area contributed by atoms with Crippen LogP contribution in [0.3, 0.4) is 0 Å². The summed E-state index contributed by atoms with van der Waals surface area (Å²) in [5.41, 5.74) is 1.91. The van der Waals surface area contributed by atoms with Crippen LogP contribution in [0.1, 0.15) is 12.0 Å². The van der Waals surface area contributed by atoms with Crippen LogP contribution in [-0.4, -0.2) is 39.9 Å². The molecule has 1 fully saturated rings. The fraction of sp³-hybridized carbons (Fsp3) is 0.375. The number of aromatic nitrogens is 2. The summed E-state index contributed by atoms with van der Waals surface area (Å²) in [6, 6.07) is 6.97. The molecule has 1 atom stereocenters. The van der Waals surface area contributed by atoms with Crippen LogP contribution in [-0.2, 0) is 18.3 Å². The second-order valence-corrected chi connectivity index (χ2v) is 5.72. The van der Waals surface area contributed by atoms with Gasteiger partial charge in [0.15, 0.2) is 0 Å². The first kappa shape index (κ1) is 14.4. The smallest absolute Gasteiger partial charge is 0.224 e. The number of carbonyl (C=O) groups excluding carboxylic acids is 1. The van der Waals surface area contributed by atoms with Crippen molar-refractivity contribution in [2.75, 3.05) is 18.0 Å². The lowest BCUT2D eigenvalue weighted by atomic mass is 10.1. The number of nitrogens with one attached hydrogen (secondary N) is 1. The number of anilines is 1. The number of hydrogen-bond acceptors (Lipinski definition) is 4. The molecule has 6 heteroatoms. The minimum absolute atomic E-state index is 0.0105. The van der Waals surface area contributed by atoms with Crippen LogP contribution in [0.25, 0.3) is 0 Å². The molecule has 0 radical (unpaired) electrons. The normalized spacial score (nSPS) is 17.7. The third kappa shape index (κ3) is 3.39. The number of benzene rings is 1. The van der Waals surface area contributed by atoms with Gasteiger partial charge in [0.25, 0.3) is 0 Å². The maximum Gasteiger partial charge on any atom is 0.224 e. The van der Waals surface area contributed by atoms with E-state index in [-0.39, 0.29) is 24.1 Å². The molecule has 116 valence electrons. The SMILES string of the molecule is Cn1cc(N2CCC(NC(=O)Cc3cccc(O)c3)C2)cn1. The van der Waals surface area contributed by atoms with Crippen LogP contribution in [0.5, 0.6) is 5.75 Å². The molecule has 1 aromatic carbocycles. The van der Waals surface area contributed by atoms with Crippen LogP contribution in [0.2, 0.25) is 0 Å². The van der Waals surface area contributed by atoms with Gasteiger partial charge in [-0.2, -0.15) is 5.10 Å². The Kier molecular flexibility index (Phi) is 4.00. The predicted octanol–water partition coefficient (Wildman–Crippen LogP) is 1.06. The van der Waals surface area contributed by atoms with E-state index in [2.05, 4.69) is 15.3 Å². The summed E-state index contributed by atoms with van der Waals surface area (Å²) in [6.07, 6.45) is 5.05. The summed E-state index contributed by atoms with van der Waals surface area (Å²) < 4.78 is 1.78. The number of phenols is 1. The van der Waals surface area contributed by atoms with E-state index in [1.807, 2.05) is 25.5 Å². The Morgan fingerprint density at radius 2 is 2.36 bits per heavy atom. The fourth-order valence-corrected chi connectivity index (χ4v) is 2.81. The Bertz CT molecular complexity index is 668. The van der Waals surface area contributed by atoms with E-state index in [0.29, 0.717) is 0 Å². The number of hydrogen-bond donors (Lipinski definition) is 2. The van der Waals surface area contributed by atoms with Crippen molar-refractivity contribution >= 4 is 11.6 Å². The standard InChI is InChI=1S/C16H20N4O2/c1-19-11-14(9-17-19)20-6-5-13(10-20)18-16(22)8-12-3-2-4-15(21)7-12/h2-4,7,9,11,13,21H,5-6,8,10H2,1H3,(H,18,22). The van der Waals surface area contributed by atoms with E-state index in [1.165, 1.54) is 0 Å². The summed E-state index contributed by atoms with van der Waals surface area (Å²) in [5.74, 6) is 0.178. The minimum Gasteiger partial charge on any atom is -0.508 e. The van der Waals surface area contributed by atoms with Gasteiger partial charge in [0.2, 0.25) is 5.91 Å². The van der Waals surface area contributed by atoms with Crippen molar-refractivity contribution in [2.45, 2.75) is 18.9 Å². The van der Waals surface area contributed by atoms with Crippen LogP contribution in [0, 0.1) is 0 Å². The molecule has 0 saturated carbocycles. The maximum absolute atomic E-state index is 12.1. The molecule has 1 unspecified atom stereocenters. The lowest BCUT2D eigenvalue weighted by Gasteiger charge is -2.17. The van der Waals surface area contributed by atoms with Crippen molar-refractivity contribution in [1.82, 2.24) is 15.1 Å². The minimum atomic E-state index is -0.0105. The molecule has 0 aliphatic carbocycles. The lowest BCUT2D eigenvalue weighted by molar-refractivity contribution is -0.121.